The van der Waals surface area contributed by atoms with Gasteiger partial charge in [0.2, 0.25) is 17.7 Å². The standard InChI is InChI=1S/C15H14ClN3O4/c16-6-13(21)17-10-3-1-2-8-9(10)7-19(15(8)23)11-4-5-12(20)18-14(11)22/h1-3,7,11,23H,4-6H2,(H,17,21)(H,18,20,22). The maximum absolute atomic E-state index is 12.0. The Morgan fingerprint density at radius 2 is 2.17 bits per heavy atom. The Bertz CT molecular complexity index is 814. The molecule has 1 aliphatic rings. The van der Waals surface area contributed by atoms with Gasteiger partial charge in [-0.05, 0) is 18.6 Å². The van der Waals surface area contributed by atoms with Crippen LogP contribution in [0.3, 0.4) is 0 Å². The van der Waals surface area contributed by atoms with Crippen LogP contribution in [-0.4, -0.2) is 33.3 Å². The molecule has 2 aromatic rings. The number of aromatic nitrogens is 1. The van der Waals surface area contributed by atoms with Gasteiger partial charge >= 0.3 is 0 Å². The van der Waals surface area contributed by atoms with E-state index in [0.29, 0.717) is 22.9 Å². The molecule has 3 amide bonds. The number of benzene rings is 1. The molecule has 0 spiro atoms. The molecule has 8 heteroatoms. The van der Waals surface area contributed by atoms with Crippen LogP contribution in [0.4, 0.5) is 5.69 Å². The Hall–Kier alpha value is -2.54. The van der Waals surface area contributed by atoms with Crippen LogP contribution < -0.4 is 10.6 Å². The third-order valence-electron chi connectivity index (χ3n) is 3.80. The number of hydrogen-bond acceptors (Lipinski definition) is 4. The minimum Gasteiger partial charge on any atom is -0.494 e. The fourth-order valence-corrected chi connectivity index (χ4v) is 2.78. The maximum atomic E-state index is 12.0. The second kappa shape index (κ2) is 5.92. The normalized spacial score (nSPS) is 18.0. The lowest BCUT2D eigenvalue weighted by atomic mass is 10.1. The highest BCUT2D eigenvalue weighted by Gasteiger charge is 2.30. The minimum absolute atomic E-state index is 0.0866. The van der Waals surface area contributed by atoms with E-state index < -0.39 is 11.9 Å². The van der Waals surface area contributed by atoms with Gasteiger partial charge < -0.3 is 15.0 Å². The van der Waals surface area contributed by atoms with Gasteiger partial charge in [-0.3, -0.25) is 19.7 Å². The van der Waals surface area contributed by atoms with Gasteiger partial charge in [-0.25, -0.2) is 0 Å². The van der Waals surface area contributed by atoms with E-state index >= 15 is 0 Å². The van der Waals surface area contributed by atoms with E-state index in [1.54, 1.807) is 24.4 Å². The highest BCUT2D eigenvalue weighted by molar-refractivity contribution is 6.29. The average molecular weight is 336 g/mol. The minimum atomic E-state index is -0.670. The zero-order valence-corrected chi connectivity index (χ0v) is 12.8. The maximum Gasteiger partial charge on any atom is 0.249 e. The summed E-state index contributed by atoms with van der Waals surface area (Å²) in [6.07, 6.45) is 2.11. The van der Waals surface area contributed by atoms with Crippen molar-refractivity contribution in [3.8, 4) is 5.88 Å². The lowest BCUT2D eigenvalue weighted by Crippen LogP contribution is -2.41. The van der Waals surface area contributed by atoms with Gasteiger partial charge in [-0.2, -0.15) is 0 Å². The van der Waals surface area contributed by atoms with Gasteiger partial charge in [0.05, 0.1) is 5.69 Å². The third kappa shape index (κ3) is 2.75. The molecule has 1 fully saturated rings. The molecule has 2 heterocycles. The first-order valence-corrected chi connectivity index (χ1v) is 7.56. The highest BCUT2D eigenvalue weighted by Crippen LogP contribution is 2.36. The smallest absolute Gasteiger partial charge is 0.249 e. The molecule has 0 aliphatic carbocycles. The summed E-state index contributed by atoms with van der Waals surface area (Å²) in [5, 5.41) is 16.4. The van der Waals surface area contributed by atoms with Crippen molar-refractivity contribution in [2.45, 2.75) is 18.9 Å². The molecule has 1 aromatic heterocycles. The van der Waals surface area contributed by atoms with Crippen molar-refractivity contribution in [2.75, 3.05) is 11.2 Å². The molecule has 23 heavy (non-hydrogen) atoms. The van der Waals surface area contributed by atoms with Gasteiger partial charge in [-0.15, -0.1) is 11.6 Å². The van der Waals surface area contributed by atoms with Gasteiger partial charge in [0.1, 0.15) is 11.9 Å². The van der Waals surface area contributed by atoms with Crippen LogP contribution in [0.2, 0.25) is 0 Å². The van der Waals surface area contributed by atoms with Crippen LogP contribution in [0.1, 0.15) is 18.9 Å². The molecular formula is C15H14ClN3O4. The fraction of sp³-hybridized carbons (Fsp3) is 0.267. The summed E-state index contributed by atoms with van der Waals surface area (Å²) >= 11 is 5.49. The van der Waals surface area contributed by atoms with E-state index in [9.17, 15) is 19.5 Å². The number of hydrogen-bond donors (Lipinski definition) is 3. The Kier molecular flexibility index (Phi) is 3.96. The number of fused-ring (bicyclic) bond motifs is 1. The molecule has 1 atom stereocenters. The molecule has 0 bridgehead atoms. The van der Waals surface area contributed by atoms with Crippen molar-refractivity contribution in [2.24, 2.45) is 0 Å². The summed E-state index contributed by atoms with van der Waals surface area (Å²) in [5.74, 6) is -1.42. The Balaban J connectivity index is 2.04. The van der Waals surface area contributed by atoms with Crippen LogP contribution >= 0.6 is 11.6 Å². The monoisotopic (exact) mass is 335 g/mol. The van der Waals surface area contributed by atoms with Crippen LogP contribution in [0.25, 0.3) is 10.8 Å². The number of piperidine rings is 1. The largest absolute Gasteiger partial charge is 0.494 e. The number of carbonyl (C=O) groups excluding carboxylic acids is 3. The lowest BCUT2D eigenvalue weighted by Gasteiger charge is -2.22. The van der Waals surface area contributed by atoms with Gasteiger partial charge in [0.15, 0.2) is 5.88 Å². The number of nitrogens with one attached hydrogen (secondary N) is 2. The summed E-state index contributed by atoms with van der Waals surface area (Å²) in [6.45, 7) is 0. The summed E-state index contributed by atoms with van der Waals surface area (Å²) < 4.78 is 1.42. The molecule has 7 nitrogen and oxygen atoms in total. The Morgan fingerprint density at radius 1 is 1.39 bits per heavy atom. The van der Waals surface area contributed by atoms with Crippen LogP contribution in [-0.2, 0) is 14.4 Å². The van der Waals surface area contributed by atoms with E-state index in [0.717, 1.165) is 0 Å². The molecule has 3 N–H and O–H groups in total. The first-order chi connectivity index (χ1) is 11.0. The number of amides is 3. The molecule has 1 saturated heterocycles. The van der Waals surface area contributed by atoms with Gasteiger partial charge in [-0.1, -0.05) is 6.07 Å². The fourth-order valence-electron chi connectivity index (χ4n) is 2.72. The first-order valence-electron chi connectivity index (χ1n) is 7.03. The molecule has 1 aromatic carbocycles. The Labute approximate surface area is 136 Å². The predicted octanol–water partition coefficient (Wildman–Crippen LogP) is 1.50. The number of nitrogens with zero attached hydrogens (tertiary/aromatic N) is 1. The van der Waals surface area contributed by atoms with E-state index in [-0.39, 0.29) is 30.0 Å². The first kappa shape index (κ1) is 15.4. The number of rotatable bonds is 3. The van der Waals surface area contributed by atoms with Crippen molar-refractivity contribution in [1.82, 2.24) is 9.88 Å². The quantitative estimate of drug-likeness (QED) is 0.584. The number of aromatic hydroxyl groups is 1. The summed E-state index contributed by atoms with van der Waals surface area (Å²) in [4.78, 5) is 34.7. The summed E-state index contributed by atoms with van der Waals surface area (Å²) in [6, 6.07) is 4.38. The second-order valence-corrected chi connectivity index (χ2v) is 5.54. The molecule has 1 aliphatic heterocycles. The molecule has 0 saturated carbocycles. The molecule has 1 unspecified atom stereocenters. The number of anilines is 1. The predicted molar refractivity (Wildman–Crippen MR) is 84.4 cm³/mol. The molecule has 120 valence electrons. The van der Waals surface area contributed by atoms with Crippen LogP contribution in [0.15, 0.2) is 24.4 Å². The van der Waals surface area contributed by atoms with Crippen molar-refractivity contribution in [3.63, 3.8) is 0 Å². The number of alkyl halides is 1. The van der Waals surface area contributed by atoms with Crippen molar-refractivity contribution >= 4 is 45.8 Å². The second-order valence-electron chi connectivity index (χ2n) is 5.28. The summed E-state index contributed by atoms with van der Waals surface area (Å²) in [5.41, 5.74) is 0.495. The average Bonchev–Trinajstić information content (AvgIpc) is 2.86. The van der Waals surface area contributed by atoms with E-state index in [2.05, 4.69) is 10.6 Å². The van der Waals surface area contributed by atoms with Crippen molar-refractivity contribution in [1.29, 1.82) is 0 Å². The van der Waals surface area contributed by atoms with Gasteiger partial charge in [0.25, 0.3) is 0 Å². The van der Waals surface area contributed by atoms with Crippen LogP contribution in [0, 0.1) is 0 Å². The van der Waals surface area contributed by atoms with E-state index in [4.69, 9.17) is 11.6 Å². The van der Waals surface area contributed by atoms with Gasteiger partial charge in [0, 0.05) is 23.4 Å². The third-order valence-corrected chi connectivity index (χ3v) is 4.04. The number of imide groups is 1. The highest BCUT2D eigenvalue weighted by atomic mass is 35.5. The number of carbonyl (C=O) groups is 3. The Morgan fingerprint density at radius 3 is 2.87 bits per heavy atom. The SMILES string of the molecule is O=C1CCC(n2cc3c(NC(=O)CCl)cccc3c2O)C(=O)N1. The number of halogens is 1. The zero-order valence-electron chi connectivity index (χ0n) is 12.0. The molecular weight excluding hydrogens is 322 g/mol. The van der Waals surface area contributed by atoms with E-state index in [1.165, 1.54) is 4.57 Å². The van der Waals surface area contributed by atoms with Crippen molar-refractivity contribution < 1.29 is 19.5 Å². The van der Waals surface area contributed by atoms with E-state index in [1.807, 2.05) is 0 Å². The summed E-state index contributed by atoms with van der Waals surface area (Å²) in [7, 11) is 0. The van der Waals surface area contributed by atoms with Crippen LogP contribution in [0.5, 0.6) is 5.88 Å². The molecule has 3 rings (SSSR count). The lowest BCUT2D eigenvalue weighted by molar-refractivity contribution is -0.135. The molecule has 0 radical (unpaired) electrons. The topological polar surface area (TPSA) is 100 Å². The van der Waals surface area contributed by atoms with Crippen molar-refractivity contribution in [3.05, 3.63) is 24.4 Å². The zero-order chi connectivity index (χ0) is 16.6.